The van der Waals surface area contributed by atoms with Gasteiger partial charge in [-0.2, -0.15) is 0 Å². The molecule has 0 fully saturated rings. The minimum absolute atomic E-state index is 0.0297. The van der Waals surface area contributed by atoms with Gasteiger partial charge >= 0.3 is 11.9 Å². The molecule has 2 rings (SSSR count). The Morgan fingerprint density at radius 2 is 1.75 bits per heavy atom. The van der Waals surface area contributed by atoms with Crippen molar-refractivity contribution in [2.75, 3.05) is 13.2 Å². The van der Waals surface area contributed by atoms with Crippen molar-refractivity contribution in [2.45, 2.75) is 13.8 Å². The molecular formula is C16H16N2O6. The van der Waals surface area contributed by atoms with Gasteiger partial charge in [-0.3, -0.25) is 0 Å². The van der Waals surface area contributed by atoms with Crippen LogP contribution in [0.3, 0.4) is 0 Å². The first-order valence-electron chi connectivity index (χ1n) is 7.25. The summed E-state index contributed by atoms with van der Waals surface area (Å²) in [6.07, 6.45) is 0. The van der Waals surface area contributed by atoms with Crippen LogP contribution in [0.5, 0.6) is 0 Å². The van der Waals surface area contributed by atoms with Gasteiger partial charge in [0.1, 0.15) is 11.3 Å². The molecule has 0 aliphatic rings. The second kappa shape index (κ2) is 7.91. The summed E-state index contributed by atoms with van der Waals surface area (Å²) in [7, 11) is 0. The monoisotopic (exact) mass is 332 g/mol. The highest BCUT2D eigenvalue weighted by molar-refractivity contribution is 6.18. The largest absolute Gasteiger partial charge is 0.462 e. The lowest BCUT2D eigenvalue weighted by Gasteiger charge is -2.05. The molecule has 0 spiro atoms. The zero-order chi connectivity index (χ0) is 17.5. The molecule has 0 aliphatic carbocycles. The Hall–Kier alpha value is -3.16. The molecule has 0 amide bonds. The molecule has 126 valence electrons. The Labute approximate surface area is 137 Å². The van der Waals surface area contributed by atoms with Gasteiger partial charge in [-0.1, -0.05) is 40.6 Å². The second-order valence-electron chi connectivity index (χ2n) is 4.49. The van der Waals surface area contributed by atoms with E-state index in [1.807, 2.05) is 0 Å². The van der Waals surface area contributed by atoms with Crippen molar-refractivity contribution >= 4 is 17.7 Å². The molecule has 2 aromatic rings. The Bertz CT molecular complexity index is 751. The Balaban J connectivity index is 2.57. The predicted molar refractivity (Wildman–Crippen MR) is 82.3 cm³/mol. The predicted octanol–water partition coefficient (Wildman–Crippen LogP) is 2.25. The minimum Gasteiger partial charge on any atom is -0.462 e. The van der Waals surface area contributed by atoms with E-state index in [4.69, 9.17) is 14.0 Å². The number of esters is 2. The number of nitrogens with zero attached hydrogens (tertiary/aromatic N) is 2. The molecule has 1 N–H and O–H groups in total. The Kier molecular flexibility index (Phi) is 5.67. The second-order valence-corrected chi connectivity index (χ2v) is 4.49. The van der Waals surface area contributed by atoms with E-state index in [-0.39, 0.29) is 30.2 Å². The van der Waals surface area contributed by atoms with E-state index in [9.17, 15) is 14.8 Å². The van der Waals surface area contributed by atoms with Crippen LogP contribution < -0.4 is 0 Å². The number of carbonyl (C=O) groups excluding carboxylic acids is 2. The maximum Gasteiger partial charge on any atom is 0.378 e. The average molecular weight is 332 g/mol. The number of ether oxygens (including phenoxy) is 2. The smallest absolute Gasteiger partial charge is 0.378 e. The fraction of sp³-hybridized carbons (Fsp3) is 0.250. The van der Waals surface area contributed by atoms with Crippen LogP contribution in [0, 0.1) is 0 Å². The van der Waals surface area contributed by atoms with E-state index in [0.29, 0.717) is 5.56 Å². The zero-order valence-corrected chi connectivity index (χ0v) is 13.2. The van der Waals surface area contributed by atoms with Crippen molar-refractivity contribution in [1.82, 2.24) is 5.16 Å². The lowest BCUT2D eigenvalue weighted by Crippen LogP contribution is -2.16. The first kappa shape index (κ1) is 17.2. The van der Waals surface area contributed by atoms with Gasteiger partial charge in [-0.05, 0) is 13.8 Å². The van der Waals surface area contributed by atoms with Crippen LogP contribution in [-0.4, -0.2) is 41.2 Å². The number of aromatic nitrogens is 1. The zero-order valence-electron chi connectivity index (χ0n) is 13.2. The van der Waals surface area contributed by atoms with Gasteiger partial charge in [-0.25, -0.2) is 9.59 Å². The van der Waals surface area contributed by atoms with Crippen LogP contribution >= 0.6 is 0 Å². The fourth-order valence-electron chi connectivity index (χ4n) is 2.02. The average Bonchev–Trinajstić information content (AvgIpc) is 3.02. The Morgan fingerprint density at radius 1 is 1.12 bits per heavy atom. The Morgan fingerprint density at radius 3 is 2.33 bits per heavy atom. The van der Waals surface area contributed by atoms with Gasteiger partial charge in [0.15, 0.2) is 5.69 Å². The third-order valence-electron chi connectivity index (χ3n) is 3.00. The molecule has 0 saturated carbocycles. The lowest BCUT2D eigenvalue weighted by atomic mass is 10.0. The van der Waals surface area contributed by atoms with Crippen molar-refractivity contribution in [3.05, 3.63) is 52.9 Å². The molecule has 0 aliphatic heterocycles. The summed E-state index contributed by atoms with van der Waals surface area (Å²) >= 11 is 0. The summed E-state index contributed by atoms with van der Waals surface area (Å²) in [4.78, 5) is 24.2. The van der Waals surface area contributed by atoms with Gasteiger partial charge in [0.2, 0.25) is 0 Å². The third kappa shape index (κ3) is 3.43. The van der Waals surface area contributed by atoms with Crippen molar-refractivity contribution in [2.24, 2.45) is 5.16 Å². The molecule has 8 heteroatoms. The van der Waals surface area contributed by atoms with Crippen molar-refractivity contribution in [3.8, 4) is 0 Å². The molecule has 0 saturated heterocycles. The summed E-state index contributed by atoms with van der Waals surface area (Å²) < 4.78 is 14.8. The normalized spacial score (nSPS) is 11.2. The van der Waals surface area contributed by atoms with E-state index < -0.39 is 17.7 Å². The van der Waals surface area contributed by atoms with Gasteiger partial charge in [-0.15, -0.1) is 0 Å². The van der Waals surface area contributed by atoms with Crippen LogP contribution in [0.25, 0.3) is 0 Å². The van der Waals surface area contributed by atoms with Gasteiger partial charge in [0.25, 0.3) is 5.76 Å². The van der Waals surface area contributed by atoms with Gasteiger partial charge in [0, 0.05) is 5.56 Å². The standard InChI is InChI=1S/C16H16N2O6/c1-3-22-15(19)11-13(18-24-14(11)16(20)23-4-2)12(17-21)10-8-6-5-7-9-10/h5-9,21H,3-4H2,1-2H3/b17-12-. The number of hydrogen-bond donors (Lipinski definition) is 1. The van der Waals surface area contributed by atoms with E-state index >= 15 is 0 Å². The van der Waals surface area contributed by atoms with Gasteiger partial charge < -0.3 is 19.2 Å². The molecule has 0 radical (unpaired) electrons. The van der Waals surface area contributed by atoms with Gasteiger partial charge in [0.05, 0.1) is 13.2 Å². The van der Waals surface area contributed by atoms with Crippen LogP contribution in [0.1, 0.15) is 46.0 Å². The molecule has 0 bridgehead atoms. The van der Waals surface area contributed by atoms with Crippen molar-refractivity contribution in [3.63, 3.8) is 0 Å². The highest BCUT2D eigenvalue weighted by Gasteiger charge is 2.32. The number of hydrogen-bond acceptors (Lipinski definition) is 8. The summed E-state index contributed by atoms with van der Waals surface area (Å²) in [5.74, 6) is -2.08. The highest BCUT2D eigenvalue weighted by atomic mass is 16.6. The SMILES string of the molecule is CCOC(=O)c1onc(/C(=N\O)c2ccccc2)c1C(=O)OCC. The summed E-state index contributed by atoms with van der Waals surface area (Å²) in [5.41, 5.74) is 0.101. The number of rotatable bonds is 6. The van der Waals surface area contributed by atoms with Crippen LogP contribution in [0.15, 0.2) is 40.0 Å². The third-order valence-corrected chi connectivity index (χ3v) is 3.00. The van der Waals surface area contributed by atoms with Crippen LogP contribution in [0.2, 0.25) is 0 Å². The fourth-order valence-corrected chi connectivity index (χ4v) is 2.02. The number of carbonyl (C=O) groups is 2. The molecule has 1 aromatic carbocycles. The van der Waals surface area contributed by atoms with Crippen molar-refractivity contribution in [1.29, 1.82) is 0 Å². The minimum atomic E-state index is -0.857. The first-order valence-corrected chi connectivity index (χ1v) is 7.25. The van der Waals surface area contributed by atoms with E-state index in [1.54, 1.807) is 44.2 Å². The maximum absolute atomic E-state index is 12.2. The molecule has 1 aromatic heterocycles. The molecular weight excluding hydrogens is 316 g/mol. The van der Waals surface area contributed by atoms with Crippen molar-refractivity contribution < 1.29 is 28.8 Å². The quantitative estimate of drug-likeness (QED) is 0.374. The lowest BCUT2D eigenvalue weighted by molar-refractivity contribution is 0.0445. The molecule has 0 atom stereocenters. The highest BCUT2D eigenvalue weighted by Crippen LogP contribution is 2.21. The van der Waals surface area contributed by atoms with E-state index in [1.165, 1.54) is 0 Å². The van der Waals surface area contributed by atoms with Crippen LogP contribution in [-0.2, 0) is 9.47 Å². The molecule has 24 heavy (non-hydrogen) atoms. The number of benzene rings is 1. The summed E-state index contributed by atoms with van der Waals surface area (Å²) in [6.45, 7) is 3.41. The first-order chi connectivity index (χ1) is 11.6. The van der Waals surface area contributed by atoms with Crippen LogP contribution in [0.4, 0.5) is 0 Å². The molecule has 0 unspecified atom stereocenters. The summed E-state index contributed by atoms with van der Waals surface area (Å²) in [6, 6.07) is 8.52. The molecule has 1 heterocycles. The maximum atomic E-state index is 12.2. The topological polar surface area (TPSA) is 111 Å². The number of oxime groups is 1. The van der Waals surface area contributed by atoms with E-state index in [0.717, 1.165) is 0 Å². The summed E-state index contributed by atoms with van der Waals surface area (Å²) in [5, 5.41) is 16.2. The van der Waals surface area contributed by atoms with E-state index in [2.05, 4.69) is 10.3 Å². The molecule has 8 nitrogen and oxygen atoms in total.